The number of carbonyl (C=O) groups is 1. The lowest BCUT2D eigenvalue weighted by Crippen LogP contribution is -2.39. The van der Waals surface area contributed by atoms with Gasteiger partial charge in [0.25, 0.3) is 5.56 Å². The molecule has 1 aliphatic heterocycles. The highest BCUT2D eigenvalue weighted by molar-refractivity contribution is 14.1. The number of fused-ring (bicyclic) bond motifs is 2. The summed E-state index contributed by atoms with van der Waals surface area (Å²) in [5, 5.41) is 2.28. The van der Waals surface area contributed by atoms with Gasteiger partial charge in [-0.3, -0.25) is 9.36 Å². The van der Waals surface area contributed by atoms with Crippen LogP contribution in [0.15, 0.2) is 104 Å². The monoisotopic (exact) mass is 808 g/mol. The number of thiazole rings is 1. The molecule has 7 nitrogen and oxygen atoms in total. The lowest BCUT2D eigenvalue weighted by molar-refractivity contribution is -0.139. The summed E-state index contributed by atoms with van der Waals surface area (Å²) in [4.78, 5) is 32.7. The average Bonchev–Trinajstić information content (AvgIpc) is 3.34. The second-order valence-electron chi connectivity index (χ2n) is 10.5. The highest BCUT2D eigenvalue weighted by Gasteiger charge is 2.33. The van der Waals surface area contributed by atoms with E-state index in [9.17, 15) is 9.59 Å². The highest BCUT2D eigenvalue weighted by atomic mass is 127. The van der Waals surface area contributed by atoms with E-state index in [4.69, 9.17) is 19.2 Å². The van der Waals surface area contributed by atoms with Gasteiger partial charge in [0.1, 0.15) is 18.1 Å². The van der Waals surface area contributed by atoms with E-state index < -0.39 is 12.0 Å². The molecule has 0 unspecified atom stereocenters. The minimum atomic E-state index is -0.710. The minimum Gasteiger partial charge on any atom is -0.494 e. The third-order valence-corrected chi connectivity index (χ3v) is 9.84. The third kappa shape index (κ3) is 6.43. The molecular weight excluding hydrogens is 779 g/mol. The van der Waals surface area contributed by atoms with E-state index in [1.807, 2.05) is 67.6 Å². The van der Waals surface area contributed by atoms with Gasteiger partial charge in [0.05, 0.1) is 38.6 Å². The summed E-state index contributed by atoms with van der Waals surface area (Å²) >= 11 is 7.16. The van der Waals surface area contributed by atoms with Crippen molar-refractivity contribution in [3.8, 4) is 11.5 Å². The van der Waals surface area contributed by atoms with Crippen molar-refractivity contribution in [3.05, 3.63) is 135 Å². The van der Waals surface area contributed by atoms with E-state index in [2.05, 4.69) is 62.8 Å². The van der Waals surface area contributed by atoms with E-state index in [-0.39, 0.29) is 12.2 Å². The Hall–Kier alpha value is -3.74. The fourth-order valence-corrected chi connectivity index (χ4v) is 8.31. The smallest absolute Gasteiger partial charge is 0.338 e. The maximum atomic E-state index is 14.2. The van der Waals surface area contributed by atoms with E-state index >= 15 is 0 Å². The Balaban J connectivity index is 1.45. The van der Waals surface area contributed by atoms with Gasteiger partial charge in [0.15, 0.2) is 4.80 Å². The fourth-order valence-electron chi connectivity index (χ4n) is 5.57. The normalized spacial score (nSPS) is 14.6. The van der Waals surface area contributed by atoms with Gasteiger partial charge >= 0.3 is 5.97 Å². The largest absolute Gasteiger partial charge is 0.494 e. The van der Waals surface area contributed by atoms with Crippen LogP contribution in [-0.2, 0) is 16.1 Å². The van der Waals surface area contributed by atoms with Gasteiger partial charge < -0.3 is 14.2 Å². The Labute approximate surface area is 292 Å². The molecule has 0 fully saturated rings. The Morgan fingerprint density at radius 1 is 1.02 bits per heavy atom. The standard InChI is InChI=1S/C36H30BrIN2O5S/c1-4-43-27-15-13-23(14-16-27)32-31(35(42)44-5-2)21(3)39-36-40(32)34(41)30(46-36)18-25-17-26(37)19-29(38)33(25)45-20-24-11-8-10-22-9-6-7-12-28(22)24/h6-19,32H,4-5,20H2,1-3H3/b30-18-/t32-/m0/s1. The Kier molecular flexibility index (Phi) is 9.76. The van der Waals surface area contributed by atoms with E-state index in [1.54, 1.807) is 18.4 Å². The second kappa shape index (κ2) is 13.9. The minimum absolute atomic E-state index is 0.207. The van der Waals surface area contributed by atoms with Crippen molar-refractivity contribution in [3.63, 3.8) is 0 Å². The van der Waals surface area contributed by atoms with E-state index in [0.29, 0.717) is 45.3 Å². The first-order chi connectivity index (χ1) is 22.3. The van der Waals surface area contributed by atoms with Crippen LogP contribution in [0.2, 0.25) is 0 Å². The number of esters is 1. The molecule has 0 amide bonds. The average molecular weight is 810 g/mol. The van der Waals surface area contributed by atoms with Crippen molar-refractivity contribution in [2.45, 2.75) is 33.4 Å². The molecule has 0 bridgehead atoms. The lowest BCUT2D eigenvalue weighted by Gasteiger charge is -2.24. The molecular formula is C36H30BrIN2O5S. The van der Waals surface area contributed by atoms with Crippen LogP contribution in [0, 0.1) is 3.57 Å². The van der Waals surface area contributed by atoms with Gasteiger partial charge in [0, 0.05) is 10.0 Å². The molecule has 1 aliphatic rings. The van der Waals surface area contributed by atoms with Gasteiger partial charge in [-0.15, -0.1) is 0 Å². The number of nitrogens with zero attached hydrogens (tertiary/aromatic N) is 2. The highest BCUT2D eigenvalue weighted by Crippen LogP contribution is 2.33. The summed E-state index contributed by atoms with van der Waals surface area (Å²) in [5.74, 6) is 0.883. The summed E-state index contributed by atoms with van der Waals surface area (Å²) in [6, 6.07) is 25.1. The Bertz CT molecular complexity index is 2170. The van der Waals surface area contributed by atoms with Gasteiger partial charge in [-0.2, -0.15) is 0 Å². The molecule has 1 aromatic heterocycles. The summed E-state index contributed by atoms with van der Waals surface area (Å²) in [6.45, 7) is 6.56. The zero-order valence-corrected chi connectivity index (χ0v) is 29.9. The van der Waals surface area contributed by atoms with Crippen LogP contribution in [-0.4, -0.2) is 23.8 Å². The molecule has 10 heteroatoms. The number of halogens is 2. The van der Waals surface area contributed by atoms with Crippen molar-refractivity contribution >= 4 is 72.7 Å². The molecule has 6 rings (SSSR count). The van der Waals surface area contributed by atoms with Crippen molar-refractivity contribution in [1.82, 2.24) is 4.57 Å². The number of allylic oxidation sites excluding steroid dienone is 1. The van der Waals surface area contributed by atoms with Gasteiger partial charge in [0.2, 0.25) is 0 Å². The van der Waals surface area contributed by atoms with Gasteiger partial charge in [-0.1, -0.05) is 81.9 Å². The molecule has 46 heavy (non-hydrogen) atoms. The molecule has 1 atom stereocenters. The third-order valence-electron chi connectivity index (χ3n) is 7.60. The molecule has 2 heterocycles. The second-order valence-corrected chi connectivity index (χ2v) is 13.6. The van der Waals surface area contributed by atoms with Crippen molar-refractivity contribution in [2.24, 2.45) is 4.99 Å². The maximum absolute atomic E-state index is 14.2. The first kappa shape index (κ1) is 32.2. The number of benzene rings is 4. The zero-order valence-electron chi connectivity index (χ0n) is 25.4. The van der Waals surface area contributed by atoms with Crippen molar-refractivity contribution in [1.29, 1.82) is 0 Å². The summed E-state index contributed by atoms with van der Waals surface area (Å²) < 4.78 is 21.4. The maximum Gasteiger partial charge on any atom is 0.338 e. The Morgan fingerprint density at radius 3 is 2.54 bits per heavy atom. The molecule has 0 saturated carbocycles. The molecule has 0 spiro atoms. The number of hydrogen-bond acceptors (Lipinski definition) is 7. The van der Waals surface area contributed by atoms with Crippen LogP contribution < -0.4 is 24.4 Å². The predicted octanol–water partition coefficient (Wildman–Crippen LogP) is 7.30. The molecule has 0 aliphatic carbocycles. The van der Waals surface area contributed by atoms with Crippen molar-refractivity contribution < 1.29 is 19.0 Å². The predicted molar refractivity (Wildman–Crippen MR) is 193 cm³/mol. The van der Waals surface area contributed by atoms with Crippen LogP contribution in [0.1, 0.15) is 43.5 Å². The Morgan fingerprint density at radius 2 is 1.78 bits per heavy atom. The number of aromatic nitrogens is 1. The van der Waals surface area contributed by atoms with E-state index in [0.717, 1.165) is 35.5 Å². The SMILES string of the molecule is CCOC(=O)C1=C(C)N=c2s/c(=C\c3cc(Br)cc(I)c3OCc3cccc4ccccc34)c(=O)n2[C@H]1c1ccc(OCC)cc1. The quantitative estimate of drug-likeness (QED) is 0.116. The lowest BCUT2D eigenvalue weighted by atomic mass is 9.96. The number of rotatable bonds is 9. The first-order valence-electron chi connectivity index (χ1n) is 14.8. The van der Waals surface area contributed by atoms with Gasteiger partial charge in [-0.25, -0.2) is 9.79 Å². The summed E-state index contributed by atoms with van der Waals surface area (Å²) in [7, 11) is 0. The van der Waals surface area contributed by atoms with Crippen LogP contribution in [0.4, 0.5) is 0 Å². The van der Waals surface area contributed by atoms with Crippen LogP contribution >= 0.6 is 49.9 Å². The summed E-state index contributed by atoms with van der Waals surface area (Å²) in [5.41, 5.74) is 3.17. The first-order valence-corrected chi connectivity index (χ1v) is 17.5. The summed E-state index contributed by atoms with van der Waals surface area (Å²) in [6.07, 6.45) is 1.84. The fraction of sp³-hybridized carbons (Fsp3) is 0.194. The van der Waals surface area contributed by atoms with Crippen molar-refractivity contribution in [2.75, 3.05) is 13.2 Å². The number of hydrogen-bond donors (Lipinski definition) is 0. The van der Waals surface area contributed by atoms with Crippen LogP contribution in [0.25, 0.3) is 16.8 Å². The number of ether oxygens (including phenoxy) is 3. The molecule has 0 saturated heterocycles. The van der Waals surface area contributed by atoms with Gasteiger partial charge in [-0.05, 0) is 95.6 Å². The molecule has 0 N–H and O–H groups in total. The molecule has 0 radical (unpaired) electrons. The molecule has 5 aromatic rings. The molecule has 4 aromatic carbocycles. The van der Waals surface area contributed by atoms with Crippen LogP contribution in [0.5, 0.6) is 11.5 Å². The van der Waals surface area contributed by atoms with Crippen LogP contribution in [0.3, 0.4) is 0 Å². The number of carbonyl (C=O) groups excluding carboxylic acids is 1. The topological polar surface area (TPSA) is 79.1 Å². The molecule has 234 valence electrons. The van der Waals surface area contributed by atoms with E-state index in [1.165, 1.54) is 11.3 Å². The zero-order chi connectivity index (χ0) is 32.4.